The fourth-order valence-corrected chi connectivity index (χ4v) is 2.44. The van der Waals surface area contributed by atoms with Gasteiger partial charge in [-0.15, -0.1) is 0 Å². The highest BCUT2D eigenvalue weighted by atomic mass is 19.1. The maximum atomic E-state index is 13.9. The molecule has 2 rings (SSSR count). The molecule has 0 heterocycles. The van der Waals surface area contributed by atoms with Gasteiger partial charge in [0.2, 0.25) is 17.6 Å². The van der Waals surface area contributed by atoms with E-state index in [0.717, 1.165) is 6.07 Å². The molecular formula is C20H19FN2O6. The number of ketones is 1. The summed E-state index contributed by atoms with van der Waals surface area (Å²) in [5, 5.41) is 5.02. The van der Waals surface area contributed by atoms with Gasteiger partial charge in [-0.1, -0.05) is 0 Å². The van der Waals surface area contributed by atoms with Crippen LogP contribution in [0, 0.1) is 5.82 Å². The first-order chi connectivity index (χ1) is 13.7. The van der Waals surface area contributed by atoms with E-state index in [9.17, 15) is 23.6 Å². The van der Waals surface area contributed by atoms with Crippen LogP contribution in [0.1, 0.15) is 34.6 Å². The lowest BCUT2D eigenvalue weighted by Gasteiger charge is -2.12. The SMILES string of the molecule is COc1ccc(C(=O)OCC(=O)c2ccc(NC(C)=O)cc2NC(C)=O)c(F)c1. The minimum atomic E-state index is -1.02. The second kappa shape index (κ2) is 9.45. The summed E-state index contributed by atoms with van der Waals surface area (Å²) in [6.45, 7) is 1.90. The van der Waals surface area contributed by atoms with Crippen LogP contribution in [0.5, 0.6) is 5.75 Å². The van der Waals surface area contributed by atoms with Crippen molar-refractivity contribution in [2.45, 2.75) is 13.8 Å². The van der Waals surface area contributed by atoms with E-state index in [1.54, 1.807) is 0 Å². The van der Waals surface area contributed by atoms with Gasteiger partial charge >= 0.3 is 5.97 Å². The minimum absolute atomic E-state index is 0.0669. The Kier molecular flexibility index (Phi) is 7.02. The highest BCUT2D eigenvalue weighted by Crippen LogP contribution is 2.22. The van der Waals surface area contributed by atoms with Crippen molar-refractivity contribution in [2.24, 2.45) is 0 Å². The van der Waals surface area contributed by atoms with Gasteiger partial charge in [-0.05, 0) is 30.3 Å². The van der Waals surface area contributed by atoms with Crippen molar-refractivity contribution >= 4 is 34.9 Å². The Balaban J connectivity index is 2.16. The highest BCUT2D eigenvalue weighted by Gasteiger charge is 2.19. The van der Waals surface area contributed by atoms with E-state index in [4.69, 9.17) is 9.47 Å². The first-order valence-electron chi connectivity index (χ1n) is 8.44. The lowest BCUT2D eigenvalue weighted by Crippen LogP contribution is -2.18. The van der Waals surface area contributed by atoms with Crippen molar-refractivity contribution in [1.29, 1.82) is 0 Å². The van der Waals surface area contributed by atoms with Gasteiger partial charge in [0.25, 0.3) is 0 Å². The number of carbonyl (C=O) groups excluding carboxylic acids is 4. The molecule has 0 unspecified atom stereocenters. The second-order valence-electron chi connectivity index (χ2n) is 5.97. The number of halogens is 1. The molecule has 0 aromatic heterocycles. The van der Waals surface area contributed by atoms with Gasteiger partial charge in [-0.25, -0.2) is 9.18 Å². The normalized spacial score (nSPS) is 10.1. The van der Waals surface area contributed by atoms with Gasteiger partial charge < -0.3 is 20.1 Å². The Hall–Kier alpha value is -3.75. The van der Waals surface area contributed by atoms with Crippen molar-refractivity contribution in [3.8, 4) is 5.75 Å². The van der Waals surface area contributed by atoms with Gasteiger partial charge in [0.05, 0.1) is 18.4 Å². The van der Waals surface area contributed by atoms with Crippen LogP contribution >= 0.6 is 0 Å². The van der Waals surface area contributed by atoms with Crippen LogP contribution in [0.4, 0.5) is 15.8 Å². The zero-order valence-electron chi connectivity index (χ0n) is 16.0. The van der Waals surface area contributed by atoms with Gasteiger partial charge in [0.1, 0.15) is 11.6 Å². The smallest absolute Gasteiger partial charge is 0.341 e. The summed E-state index contributed by atoms with van der Waals surface area (Å²) in [4.78, 5) is 47.1. The monoisotopic (exact) mass is 402 g/mol. The van der Waals surface area contributed by atoms with Crippen LogP contribution in [-0.2, 0) is 14.3 Å². The predicted molar refractivity (Wildman–Crippen MR) is 103 cm³/mol. The Morgan fingerprint density at radius 2 is 1.59 bits per heavy atom. The third kappa shape index (κ3) is 5.86. The summed E-state index contributed by atoms with van der Waals surface area (Å²) in [6, 6.07) is 7.84. The molecule has 0 atom stereocenters. The molecule has 0 fully saturated rings. The second-order valence-corrected chi connectivity index (χ2v) is 5.97. The first-order valence-corrected chi connectivity index (χ1v) is 8.44. The number of carbonyl (C=O) groups is 4. The molecule has 0 saturated carbocycles. The molecule has 2 aromatic carbocycles. The zero-order valence-corrected chi connectivity index (χ0v) is 16.0. The van der Waals surface area contributed by atoms with Gasteiger partial charge in [-0.3, -0.25) is 14.4 Å². The summed E-state index contributed by atoms with van der Waals surface area (Å²) in [5.41, 5.74) is 0.231. The minimum Gasteiger partial charge on any atom is -0.497 e. The molecule has 0 saturated heterocycles. The molecular weight excluding hydrogens is 383 g/mol. The molecule has 2 aromatic rings. The number of anilines is 2. The molecule has 0 bridgehead atoms. The van der Waals surface area contributed by atoms with Crippen molar-refractivity contribution in [3.05, 3.63) is 53.3 Å². The van der Waals surface area contributed by atoms with E-state index in [0.29, 0.717) is 5.69 Å². The van der Waals surface area contributed by atoms with Crippen LogP contribution in [0.3, 0.4) is 0 Å². The van der Waals surface area contributed by atoms with Crippen molar-refractivity contribution < 1.29 is 33.0 Å². The number of methoxy groups -OCH3 is 1. The maximum Gasteiger partial charge on any atom is 0.341 e. The van der Waals surface area contributed by atoms with Crippen LogP contribution < -0.4 is 15.4 Å². The van der Waals surface area contributed by atoms with E-state index in [1.165, 1.54) is 51.3 Å². The molecule has 152 valence electrons. The fourth-order valence-electron chi connectivity index (χ4n) is 2.44. The van der Waals surface area contributed by atoms with Crippen LogP contribution in [0.25, 0.3) is 0 Å². The third-order valence-corrected chi connectivity index (χ3v) is 3.68. The summed E-state index contributed by atoms with van der Waals surface area (Å²) >= 11 is 0. The molecule has 0 aliphatic carbocycles. The van der Waals surface area contributed by atoms with Crippen LogP contribution in [0.2, 0.25) is 0 Å². The van der Waals surface area contributed by atoms with E-state index in [1.807, 2.05) is 0 Å². The first kappa shape index (κ1) is 21.5. The van der Waals surface area contributed by atoms with Crippen molar-refractivity contribution in [3.63, 3.8) is 0 Å². The largest absolute Gasteiger partial charge is 0.497 e. The summed E-state index contributed by atoms with van der Waals surface area (Å²) in [6.07, 6.45) is 0. The van der Waals surface area contributed by atoms with E-state index in [-0.39, 0.29) is 28.5 Å². The molecule has 9 heteroatoms. The standard InChI is InChI=1S/C20H19FN2O6/c1-11(24)22-13-4-6-16(18(8-13)23-12(2)25)19(26)10-29-20(27)15-7-5-14(28-3)9-17(15)21/h4-9H,10H2,1-3H3,(H,22,24)(H,23,25). The summed E-state index contributed by atoms with van der Waals surface area (Å²) < 4.78 is 23.7. The number of esters is 1. The van der Waals surface area contributed by atoms with Crippen LogP contribution in [0.15, 0.2) is 36.4 Å². The zero-order chi connectivity index (χ0) is 21.6. The summed E-state index contributed by atoms with van der Waals surface area (Å²) in [5.74, 6) is -3.01. The average molecular weight is 402 g/mol. The van der Waals surface area contributed by atoms with Crippen molar-refractivity contribution in [1.82, 2.24) is 0 Å². The number of ether oxygens (including phenoxy) is 2. The van der Waals surface area contributed by atoms with Crippen LogP contribution in [-0.4, -0.2) is 37.3 Å². The molecule has 2 amide bonds. The Morgan fingerprint density at radius 3 is 2.17 bits per heavy atom. The molecule has 0 spiro atoms. The summed E-state index contributed by atoms with van der Waals surface area (Å²) in [7, 11) is 1.36. The molecule has 8 nitrogen and oxygen atoms in total. The lowest BCUT2D eigenvalue weighted by atomic mass is 10.1. The number of hydrogen-bond acceptors (Lipinski definition) is 6. The van der Waals surface area contributed by atoms with Crippen molar-refractivity contribution in [2.75, 3.05) is 24.4 Å². The highest BCUT2D eigenvalue weighted by molar-refractivity contribution is 6.07. The number of hydrogen-bond donors (Lipinski definition) is 2. The topological polar surface area (TPSA) is 111 Å². The number of nitrogens with one attached hydrogen (secondary N) is 2. The molecule has 2 N–H and O–H groups in total. The number of rotatable bonds is 7. The Labute approximate surface area is 166 Å². The Morgan fingerprint density at radius 1 is 0.931 bits per heavy atom. The van der Waals surface area contributed by atoms with Gasteiger partial charge in [-0.2, -0.15) is 0 Å². The quantitative estimate of drug-likeness (QED) is 0.544. The number of Topliss-reactive ketones (excluding diaryl/α,β-unsaturated/α-hetero) is 1. The number of benzene rings is 2. The Bertz CT molecular complexity index is 973. The van der Waals surface area contributed by atoms with E-state index < -0.39 is 30.1 Å². The van der Waals surface area contributed by atoms with Gasteiger partial charge in [0.15, 0.2) is 6.61 Å². The number of amides is 2. The molecule has 29 heavy (non-hydrogen) atoms. The average Bonchev–Trinajstić information content (AvgIpc) is 2.65. The maximum absolute atomic E-state index is 13.9. The molecule has 0 aliphatic rings. The van der Waals surface area contributed by atoms with Gasteiger partial charge in [0, 0.05) is 31.2 Å². The molecule has 0 radical (unpaired) electrons. The third-order valence-electron chi connectivity index (χ3n) is 3.68. The van der Waals surface area contributed by atoms with E-state index >= 15 is 0 Å². The predicted octanol–water partition coefficient (Wildman–Crippen LogP) is 2.79. The molecule has 0 aliphatic heterocycles. The lowest BCUT2D eigenvalue weighted by molar-refractivity contribution is -0.115. The fraction of sp³-hybridized carbons (Fsp3) is 0.200. The van der Waals surface area contributed by atoms with E-state index in [2.05, 4.69) is 10.6 Å².